The molecule has 0 aliphatic rings. The number of anilines is 1. The number of rotatable bonds is 4. The number of hydrogen-bond acceptors (Lipinski definition) is 4. The molecule has 6 nitrogen and oxygen atoms in total. The lowest BCUT2D eigenvalue weighted by molar-refractivity contribution is 0.463. The predicted octanol–water partition coefficient (Wildman–Crippen LogP) is 1.26. The topological polar surface area (TPSA) is 106 Å². The zero-order valence-electron chi connectivity index (χ0n) is 11.3. The van der Waals surface area contributed by atoms with E-state index in [1.165, 1.54) is 0 Å². The zero-order chi connectivity index (χ0) is 15.8. The van der Waals surface area contributed by atoms with Crippen molar-refractivity contribution in [2.24, 2.45) is 10.6 Å². The second kappa shape index (κ2) is 5.30. The Balaban J connectivity index is 3.05. The fraction of sp³-hybridized carbons (Fsp3) is 0.455. The fourth-order valence-electron chi connectivity index (χ4n) is 1.58. The lowest BCUT2D eigenvalue weighted by Gasteiger charge is -2.18. The number of sulfonamides is 2. The first-order valence-corrected chi connectivity index (χ1v) is 8.83. The van der Waals surface area contributed by atoms with Gasteiger partial charge in [-0.25, -0.2) is 26.4 Å². The number of hydrogen-bond donors (Lipinski definition) is 2. The molecule has 0 atom stereocenters. The largest absolute Gasteiger partial charge is 0.283 e. The van der Waals surface area contributed by atoms with E-state index in [1.807, 2.05) is 0 Å². The molecule has 1 rings (SSSR count). The Labute approximate surface area is 118 Å². The summed E-state index contributed by atoms with van der Waals surface area (Å²) in [6, 6.07) is 2.84. The molecule has 1 aromatic carbocycles. The lowest BCUT2D eigenvalue weighted by Crippen LogP contribution is -2.26. The van der Waals surface area contributed by atoms with Crippen molar-refractivity contribution >= 4 is 25.7 Å². The van der Waals surface area contributed by atoms with E-state index in [9.17, 15) is 21.2 Å². The van der Waals surface area contributed by atoms with Crippen molar-refractivity contribution in [1.82, 2.24) is 0 Å². The smallest absolute Gasteiger partial charge is 0.240 e. The summed E-state index contributed by atoms with van der Waals surface area (Å²) in [4.78, 5) is -0.684. The first-order valence-electron chi connectivity index (χ1n) is 5.63. The van der Waals surface area contributed by atoms with Gasteiger partial charge in [0.15, 0.2) is 0 Å². The molecule has 9 heteroatoms. The van der Waals surface area contributed by atoms with Crippen molar-refractivity contribution in [3.05, 3.63) is 24.0 Å². The van der Waals surface area contributed by atoms with Crippen molar-refractivity contribution in [3.63, 3.8) is 0 Å². The van der Waals surface area contributed by atoms with E-state index < -0.39 is 36.2 Å². The zero-order valence-corrected chi connectivity index (χ0v) is 13.0. The van der Waals surface area contributed by atoms with Gasteiger partial charge >= 0.3 is 0 Å². The van der Waals surface area contributed by atoms with Gasteiger partial charge in [-0.3, -0.25) is 4.72 Å². The summed E-state index contributed by atoms with van der Waals surface area (Å²) < 4.78 is 61.5. The molecule has 0 fully saturated rings. The third kappa shape index (κ3) is 5.06. The van der Waals surface area contributed by atoms with Crippen molar-refractivity contribution < 1.29 is 21.2 Å². The first-order chi connectivity index (χ1) is 8.80. The van der Waals surface area contributed by atoms with Crippen molar-refractivity contribution in [2.75, 3.05) is 10.5 Å². The number of primary sulfonamides is 1. The Bertz CT molecular complexity index is 706. The second-order valence-corrected chi connectivity index (χ2v) is 8.86. The molecule has 3 N–H and O–H groups in total. The van der Waals surface area contributed by atoms with Gasteiger partial charge < -0.3 is 0 Å². The maximum atomic E-state index is 13.6. The third-order valence-corrected chi connectivity index (χ3v) is 4.87. The highest BCUT2D eigenvalue weighted by Gasteiger charge is 2.22. The highest BCUT2D eigenvalue weighted by atomic mass is 32.2. The van der Waals surface area contributed by atoms with Crippen LogP contribution in [0.15, 0.2) is 23.1 Å². The SMILES string of the molecule is CC(C)(C)CS(=O)(=O)Nc1ccc(S(N)(=O)=O)c(F)c1. The van der Waals surface area contributed by atoms with E-state index in [2.05, 4.69) is 4.72 Å². The number of nitrogens with two attached hydrogens (primary N) is 1. The summed E-state index contributed by atoms with van der Waals surface area (Å²) in [7, 11) is -7.83. The summed E-state index contributed by atoms with van der Waals surface area (Å²) in [5.41, 5.74) is -0.524. The predicted molar refractivity (Wildman–Crippen MR) is 74.6 cm³/mol. The van der Waals surface area contributed by atoms with Crippen LogP contribution in [0.1, 0.15) is 20.8 Å². The van der Waals surface area contributed by atoms with Crippen LogP contribution < -0.4 is 9.86 Å². The van der Waals surface area contributed by atoms with Gasteiger partial charge in [0.1, 0.15) is 10.7 Å². The minimum absolute atomic E-state index is 0.0563. The Hall–Kier alpha value is -1.19. The molecule has 0 unspecified atom stereocenters. The second-order valence-electron chi connectivity index (χ2n) is 5.61. The summed E-state index contributed by atoms with van der Waals surface area (Å²) in [6.45, 7) is 5.24. The van der Waals surface area contributed by atoms with E-state index >= 15 is 0 Å². The molecule has 0 radical (unpaired) electrons. The molecular weight excluding hydrogens is 307 g/mol. The van der Waals surface area contributed by atoms with Gasteiger partial charge in [-0.05, 0) is 23.6 Å². The third-order valence-electron chi connectivity index (χ3n) is 2.13. The van der Waals surface area contributed by atoms with Gasteiger partial charge in [0.05, 0.1) is 11.4 Å². The van der Waals surface area contributed by atoms with Gasteiger partial charge in [0, 0.05) is 0 Å². The van der Waals surface area contributed by atoms with E-state index in [0.717, 1.165) is 18.2 Å². The first kappa shape index (κ1) is 16.9. The molecule has 0 spiro atoms. The van der Waals surface area contributed by atoms with E-state index in [1.54, 1.807) is 20.8 Å². The molecule has 114 valence electrons. The van der Waals surface area contributed by atoms with E-state index in [0.29, 0.717) is 0 Å². The van der Waals surface area contributed by atoms with Crippen LogP contribution >= 0.6 is 0 Å². The van der Waals surface area contributed by atoms with Gasteiger partial charge in [0.25, 0.3) is 0 Å². The molecule has 0 aromatic heterocycles. The highest BCUT2D eigenvalue weighted by molar-refractivity contribution is 7.92. The molecule has 0 heterocycles. The van der Waals surface area contributed by atoms with Gasteiger partial charge in [-0.2, -0.15) is 0 Å². The van der Waals surface area contributed by atoms with Crippen LogP contribution in [0.2, 0.25) is 0 Å². The number of nitrogens with one attached hydrogen (secondary N) is 1. The monoisotopic (exact) mass is 324 g/mol. The lowest BCUT2D eigenvalue weighted by atomic mass is 10.0. The van der Waals surface area contributed by atoms with Crippen LogP contribution in [0.5, 0.6) is 0 Å². The molecule has 0 bridgehead atoms. The van der Waals surface area contributed by atoms with Crippen LogP contribution in [0.4, 0.5) is 10.1 Å². The van der Waals surface area contributed by atoms with Crippen LogP contribution in [0.25, 0.3) is 0 Å². The van der Waals surface area contributed by atoms with Gasteiger partial charge in [0.2, 0.25) is 20.0 Å². The fourth-order valence-corrected chi connectivity index (χ4v) is 3.87. The molecule has 0 amide bonds. The number of halogens is 1. The average Bonchev–Trinajstić information content (AvgIpc) is 2.09. The Morgan fingerprint density at radius 3 is 2.15 bits per heavy atom. The van der Waals surface area contributed by atoms with E-state index in [-0.39, 0.29) is 11.4 Å². The van der Waals surface area contributed by atoms with Gasteiger partial charge in [-0.15, -0.1) is 0 Å². The normalized spacial score (nSPS) is 13.2. The van der Waals surface area contributed by atoms with Crippen molar-refractivity contribution in [1.29, 1.82) is 0 Å². The minimum atomic E-state index is -4.17. The van der Waals surface area contributed by atoms with E-state index in [4.69, 9.17) is 5.14 Å². The Morgan fingerprint density at radius 2 is 1.75 bits per heavy atom. The van der Waals surface area contributed by atoms with Crippen molar-refractivity contribution in [2.45, 2.75) is 25.7 Å². The van der Waals surface area contributed by atoms with Crippen LogP contribution in [0, 0.1) is 11.2 Å². The minimum Gasteiger partial charge on any atom is -0.283 e. The average molecular weight is 324 g/mol. The standard InChI is InChI=1S/C11H17FN2O4S2/c1-11(2,3)7-19(15,16)14-8-4-5-10(9(12)6-8)20(13,17)18/h4-6,14H,7H2,1-3H3,(H2,13,17,18). The van der Waals surface area contributed by atoms with Crippen LogP contribution in [-0.4, -0.2) is 22.6 Å². The molecule has 0 saturated carbocycles. The summed E-state index contributed by atoms with van der Waals surface area (Å²) in [5, 5.41) is 4.81. The summed E-state index contributed by atoms with van der Waals surface area (Å²) in [5.74, 6) is -1.26. The number of benzene rings is 1. The van der Waals surface area contributed by atoms with Crippen molar-refractivity contribution in [3.8, 4) is 0 Å². The van der Waals surface area contributed by atoms with Crippen LogP contribution in [0.3, 0.4) is 0 Å². The Kier molecular flexibility index (Phi) is 4.47. The molecule has 1 aromatic rings. The Morgan fingerprint density at radius 1 is 1.20 bits per heavy atom. The summed E-state index contributed by atoms with van der Waals surface area (Å²) >= 11 is 0. The highest BCUT2D eigenvalue weighted by Crippen LogP contribution is 2.21. The molecule has 0 saturated heterocycles. The molecular formula is C11H17FN2O4S2. The maximum absolute atomic E-state index is 13.6. The molecule has 20 heavy (non-hydrogen) atoms. The molecule has 0 aliphatic heterocycles. The van der Waals surface area contributed by atoms with Crippen LogP contribution in [-0.2, 0) is 20.0 Å². The quantitative estimate of drug-likeness (QED) is 0.869. The summed E-state index contributed by atoms with van der Waals surface area (Å²) in [6.07, 6.45) is 0. The maximum Gasteiger partial charge on any atom is 0.240 e. The molecule has 0 aliphatic carbocycles. The van der Waals surface area contributed by atoms with Gasteiger partial charge in [-0.1, -0.05) is 20.8 Å².